The van der Waals surface area contributed by atoms with E-state index in [0.717, 1.165) is 11.1 Å². The Morgan fingerprint density at radius 2 is 1.81 bits per heavy atom. The third-order valence-electron chi connectivity index (χ3n) is 3.83. The van der Waals surface area contributed by atoms with E-state index in [4.69, 9.17) is 26.0 Å². The van der Waals surface area contributed by atoms with Crippen LogP contribution in [0.1, 0.15) is 12.5 Å². The number of hydrogen-bond acceptors (Lipinski definition) is 6. The first-order valence-electron chi connectivity index (χ1n) is 8.44. The summed E-state index contributed by atoms with van der Waals surface area (Å²) in [5, 5.41) is 6.10. The van der Waals surface area contributed by atoms with Gasteiger partial charge in [-0.2, -0.15) is 0 Å². The fourth-order valence-corrected chi connectivity index (χ4v) is 2.74. The lowest BCUT2D eigenvalue weighted by Gasteiger charge is -2.20. The summed E-state index contributed by atoms with van der Waals surface area (Å²) in [4.78, 5) is 16.1. The van der Waals surface area contributed by atoms with Gasteiger partial charge >= 0.3 is 0 Å². The van der Waals surface area contributed by atoms with E-state index in [9.17, 15) is 0 Å². The number of imidazole rings is 1. The van der Waals surface area contributed by atoms with E-state index in [1.807, 2.05) is 49.4 Å². The van der Waals surface area contributed by atoms with E-state index in [1.165, 1.54) is 16.3 Å². The molecule has 138 valence electrons. The van der Waals surface area contributed by atoms with E-state index in [0.29, 0.717) is 35.8 Å². The molecular weight excluding hydrogens is 368 g/mol. The van der Waals surface area contributed by atoms with Crippen molar-refractivity contribution in [1.29, 1.82) is 0 Å². The van der Waals surface area contributed by atoms with Crippen LogP contribution >= 0.6 is 11.6 Å². The molecule has 2 heterocycles. The highest BCUT2D eigenvalue weighted by Crippen LogP contribution is 2.35. The lowest BCUT2D eigenvalue weighted by molar-refractivity contribution is 0.0843. The Balaban J connectivity index is 1.66. The Morgan fingerprint density at radius 3 is 2.56 bits per heavy atom. The Hall–Kier alpha value is -3.03. The molecule has 1 aromatic heterocycles. The predicted octanol–water partition coefficient (Wildman–Crippen LogP) is 3.93. The molecule has 4 rings (SSSR count). The zero-order valence-electron chi connectivity index (χ0n) is 14.6. The largest absolute Gasteiger partial charge is 0.421 e. The zero-order valence-corrected chi connectivity index (χ0v) is 15.3. The van der Waals surface area contributed by atoms with Crippen molar-refractivity contribution < 1.29 is 14.4 Å². The van der Waals surface area contributed by atoms with Gasteiger partial charge < -0.3 is 9.57 Å². The normalized spacial score (nSPS) is 12.6. The van der Waals surface area contributed by atoms with Crippen LogP contribution in [0, 0.1) is 0 Å². The summed E-state index contributed by atoms with van der Waals surface area (Å²) in [6.45, 7) is 2.67. The summed E-state index contributed by atoms with van der Waals surface area (Å²) in [6.07, 6.45) is 1.29. The SMILES string of the molecule is CCOn1c(-c2ccc(Cl)cc2)nc2c1OC=NN2OCc1ccccc1. The molecule has 2 aromatic carbocycles. The molecular formula is C19H17ClN4O3. The highest BCUT2D eigenvalue weighted by atomic mass is 35.5. The number of ether oxygens (including phenoxy) is 1. The molecule has 0 aliphatic carbocycles. The fourth-order valence-electron chi connectivity index (χ4n) is 2.61. The van der Waals surface area contributed by atoms with E-state index in [2.05, 4.69) is 10.1 Å². The summed E-state index contributed by atoms with van der Waals surface area (Å²) < 4.78 is 7.08. The number of rotatable bonds is 6. The third kappa shape index (κ3) is 3.60. The molecule has 3 aromatic rings. The lowest BCUT2D eigenvalue weighted by atomic mass is 10.2. The van der Waals surface area contributed by atoms with Crippen molar-refractivity contribution in [2.24, 2.45) is 5.10 Å². The van der Waals surface area contributed by atoms with Gasteiger partial charge in [-0.1, -0.05) is 41.9 Å². The smallest absolute Gasteiger partial charge is 0.284 e. The first-order chi connectivity index (χ1) is 13.3. The van der Waals surface area contributed by atoms with Crippen molar-refractivity contribution >= 4 is 23.8 Å². The molecule has 0 N–H and O–H groups in total. The standard InChI is InChI=1S/C19H17ClN4O3/c1-2-26-23-17(15-8-10-16(20)11-9-15)22-18-19(23)25-13-21-24(18)27-12-14-6-4-3-5-7-14/h3-11,13H,2,12H2,1H3. The summed E-state index contributed by atoms with van der Waals surface area (Å²) in [6, 6.07) is 17.1. The van der Waals surface area contributed by atoms with Crippen LogP contribution < -0.4 is 14.7 Å². The number of fused-ring (bicyclic) bond motifs is 1. The zero-order chi connectivity index (χ0) is 18.6. The van der Waals surface area contributed by atoms with Crippen molar-refractivity contribution in [1.82, 2.24) is 9.71 Å². The number of hydrazone groups is 1. The van der Waals surface area contributed by atoms with Crippen molar-refractivity contribution in [3.05, 3.63) is 65.2 Å². The first kappa shape index (κ1) is 17.4. The lowest BCUT2D eigenvalue weighted by Crippen LogP contribution is -2.23. The van der Waals surface area contributed by atoms with Gasteiger partial charge in [0.2, 0.25) is 12.2 Å². The fraction of sp³-hybridized carbons (Fsp3) is 0.158. The van der Waals surface area contributed by atoms with Crippen molar-refractivity contribution in [3.8, 4) is 17.3 Å². The molecule has 8 heteroatoms. The maximum Gasteiger partial charge on any atom is 0.284 e. The Kier molecular flexibility index (Phi) is 4.95. The predicted molar refractivity (Wildman–Crippen MR) is 103 cm³/mol. The van der Waals surface area contributed by atoms with Gasteiger partial charge in [0, 0.05) is 10.6 Å². The maximum absolute atomic E-state index is 5.99. The van der Waals surface area contributed by atoms with Crippen LogP contribution in [-0.2, 0) is 11.4 Å². The van der Waals surface area contributed by atoms with Crippen LogP contribution in [0.15, 0.2) is 59.7 Å². The molecule has 1 aliphatic rings. The number of hydrogen-bond donors (Lipinski definition) is 0. The van der Waals surface area contributed by atoms with Gasteiger partial charge in [-0.3, -0.25) is 0 Å². The molecule has 0 saturated carbocycles. The highest BCUT2D eigenvalue weighted by Gasteiger charge is 2.28. The highest BCUT2D eigenvalue weighted by molar-refractivity contribution is 6.30. The van der Waals surface area contributed by atoms with Crippen LogP contribution in [0.2, 0.25) is 5.02 Å². The number of halogens is 1. The molecule has 0 saturated heterocycles. The van der Waals surface area contributed by atoms with Gasteiger partial charge in [0.1, 0.15) is 13.2 Å². The molecule has 0 fully saturated rings. The minimum atomic E-state index is 0.343. The van der Waals surface area contributed by atoms with E-state index < -0.39 is 0 Å². The van der Waals surface area contributed by atoms with Gasteiger partial charge in [-0.25, -0.2) is 9.82 Å². The molecule has 0 atom stereocenters. The van der Waals surface area contributed by atoms with Crippen LogP contribution in [0.4, 0.5) is 5.82 Å². The number of nitrogens with zero attached hydrogens (tertiary/aromatic N) is 4. The summed E-state index contributed by atoms with van der Waals surface area (Å²) >= 11 is 5.99. The van der Waals surface area contributed by atoms with E-state index in [-0.39, 0.29) is 0 Å². The average molecular weight is 385 g/mol. The van der Waals surface area contributed by atoms with E-state index in [1.54, 1.807) is 12.1 Å². The van der Waals surface area contributed by atoms with Crippen LogP contribution in [0.3, 0.4) is 0 Å². The van der Waals surface area contributed by atoms with Crippen LogP contribution in [0.5, 0.6) is 5.88 Å². The number of anilines is 1. The molecule has 27 heavy (non-hydrogen) atoms. The van der Waals surface area contributed by atoms with Gasteiger partial charge in [0.25, 0.3) is 5.88 Å². The van der Waals surface area contributed by atoms with Gasteiger partial charge in [0.15, 0.2) is 5.82 Å². The number of benzene rings is 2. The molecule has 0 unspecified atom stereocenters. The van der Waals surface area contributed by atoms with Crippen LogP contribution in [0.25, 0.3) is 11.4 Å². The van der Waals surface area contributed by atoms with Gasteiger partial charge in [0.05, 0.1) is 0 Å². The summed E-state index contributed by atoms with van der Waals surface area (Å²) in [5.41, 5.74) is 1.84. The minimum Gasteiger partial charge on any atom is -0.421 e. The van der Waals surface area contributed by atoms with Crippen molar-refractivity contribution in [3.63, 3.8) is 0 Å². The second kappa shape index (κ2) is 7.69. The second-order valence-electron chi connectivity index (χ2n) is 5.65. The summed E-state index contributed by atoms with van der Waals surface area (Å²) in [5.74, 6) is 1.37. The Labute approximate surface area is 161 Å². The maximum atomic E-state index is 5.99. The molecule has 0 spiro atoms. The molecule has 0 bridgehead atoms. The topological polar surface area (TPSA) is 61.1 Å². The molecule has 0 radical (unpaired) electrons. The van der Waals surface area contributed by atoms with Crippen LogP contribution in [-0.4, -0.2) is 22.7 Å². The molecule has 0 amide bonds. The second-order valence-corrected chi connectivity index (χ2v) is 6.09. The quantitative estimate of drug-likeness (QED) is 0.644. The average Bonchev–Trinajstić information content (AvgIpc) is 3.07. The Morgan fingerprint density at radius 1 is 1.04 bits per heavy atom. The minimum absolute atomic E-state index is 0.343. The molecule has 1 aliphatic heterocycles. The van der Waals surface area contributed by atoms with Crippen molar-refractivity contribution in [2.75, 3.05) is 11.8 Å². The molecule has 7 nitrogen and oxygen atoms in total. The third-order valence-corrected chi connectivity index (χ3v) is 4.09. The summed E-state index contributed by atoms with van der Waals surface area (Å²) in [7, 11) is 0. The van der Waals surface area contributed by atoms with E-state index >= 15 is 0 Å². The first-order valence-corrected chi connectivity index (χ1v) is 8.82. The van der Waals surface area contributed by atoms with Gasteiger partial charge in [-0.05, 0) is 36.8 Å². The van der Waals surface area contributed by atoms with Crippen molar-refractivity contribution in [2.45, 2.75) is 13.5 Å². The Bertz CT molecular complexity index is 942. The number of aromatic nitrogens is 2. The monoisotopic (exact) mass is 384 g/mol. The van der Waals surface area contributed by atoms with Gasteiger partial charge in [-0.15, -0.1) is 15.0 Å².